The van der Waals surface area contributed by atoms with E-state index < -0.39 is 17.6 Å². The summed E-state index contributed by atoms with van der Waals surface area (Å²) < 4.78 is 45.5. The van der Waals surface area contributed by atoms with Crippen molar-refractivity contribution in [1.82, 2.24) is 19.5 Å². The second-order valence-electron chi connectivity index (χ2n) is 6.71. The standard InChI is InChI=1S/C22H16F3N5O2/c1-14-26-10-11-30(14)19-12-20(28-13-27-19)32-18-8-6-17(7-9-18)29-21(31)15-2-4-16(5-3-15)22(23,24)25/h2-13H,1H3,(H,29,31). The summed E-state index contributed by atoms with van der Waals surface area (Å²) in [6, 6.07) is 12.1. The van der Waals surface area contributed by atoms with Gasteiger partial charge in [0.15, 0.2) is 0 Å². The predicted molar refractivity (Wildman–Crippen MR) is 110 cm³/mol. The molecule has 10 heteroatoms. The van der Waals surface area contributed by atoms with E-state index in [2.05, 4.69) is 20.3 Å². The van der Waals surface area contributed by atoms with Crippen LogP contribution in [0.4, 0.5) is 18.9 Å². The summed E-state index contributed by atoms with van der Waals surface area (Å²) in [5, 5.41) is 2.63. The summed E-state index contributed by atoms with van der Waals surface area (Å²) in [6.45, 7) is 1.85. The van der Waals surface area contributed by atoms with Gasteiger partial charge < -0.3 is 10.1 Å². The molecule has 2 heterocycles. The molecule has 0 aliphatic carbocycles. The third kappa shape index (κ3) is 4.75. The van der Waals surface area contributed by atoms with Crippen LogP contribution >= 0.6 is 0 Å². The molecule has 0 atom stereocenters. The summed E-state index contributed by atoms with van der Waals surface area (Å²) in [5.41, 5.74) is -0.243. The lowest BCUT2D eigenvalue weighted by molar-refractivity contribution is -0.137. The minimum Gasteiger partial charge on any atom is -0.439 e. The number of halogens is 3. The number of aromatic nitrogens is 4. The Hall–Kier alpha value is -4.21. The Morgan fingerprint density at radius 2 is 1.72 bits per heavy atom. The lowest BCUT2D eigenvalue weighted by atomic mass is 10.1. The first-order chi connectivity index (χ1) is 15.3. The Morgan fingerprint density at radius 3 is 2.34 bits per heavy atom. The number of benzene rings is 2. The zero-order valence-corrected chi connectivity index (χ0v) is 16.7. The highest BCUT2D eigenvalue weighted by Crippen LogP contribution is 2.29. The first-order valence-electron chi connectivity index (χ1n) is 9.38. The minimum atomic E-state index is -4.45. The van der Waals surface area contributed by atoms with Crippen LogP contribution in [0.5, 0.6) is 11.6 Å². The van der Waals surface area contributed by atoms with Gasteiger partial charge in [0, 0.05) is 29.7 Å². The van der Waals surface area contributed by atoms with Gasteiger partial charge in [-0.25, -0.2) is 15.0 Å². The smallest absolute Gasteiger partial charge is 0.416 e. The summed E-state index contributed by atoms with van der Waals surface area (Å²) in [6.07, 6.45) is 0.362. The number of alkyl halides is 3. The number of hydrogen-bond donors (Lipinski definition) is 1. The van der Waals surface area contributed by atoms with Gasteiger partial charge in [-0.15, -0.1) is 0 Å². The van der Waals surface area contributed by atoms with Crippen LogP contribution in [0, 0.1) is 6.92 Å². The Morgan fingerprint density at radius 1 is 1.00 bits per heavy atom. The molecule has 0 saturated heterocycles. The molecule has 0 bridgehead atoms. The third-order valence-corrected chi connectivity index (χ3v) is 4.51. The molecule has 4 aromatic rings. The number of ether oxygens (including phenoxy) is 1. The number of carbonyl (C=O) groups is 1. The van der Waals surface area contributed by atoms with Crippen molar-refractivity contribution in [2.75, 3.05) is 5.32 Å². The lowest BCUT2D eigenvalue weighted by Crippen LogP contribution is -2.12. The minimum absolute atomic E-state index is 0.113. The van der Waals surface area contributed by atoms with Crippen molar-refractivity contribution in [3.05, 3.63) is 90.3 Å². The van der Waals surface area contributed by atoms with Crippen LogP contribution in [0.3, 0.4) is 0 Å². The van der Waals surface area contributed by atoms with E-state index in [4.69, 9.17) is 4.74 Å². The molecular weight excluding hydrogens is 423 g/mol. The van der Waals surface area contributed by atoms with Gasteiger partial charge in [-0.05, 0) is 55.5 Å². The van der Waals surface area contributed by atoms with Crippen molar-refractivity contribution in [2.45, 2.75) is 13.1 Å². The fourth-order valence-electron chi connectivity index (χ4n) is 2.88. The Bertz CT molecular complexity index is 1240. The van der Waals surface area contributed by atoms with Crippen LogP contribution in [-0.2, 0) is 6.18 Å². The fraction of sp³-hybridized carbons (Fsp3) is 0.0909. The van der Waals surface area contributed by atoms with Gasteiger partial charge in [0.2, 0.25) is 5.88 Å². The van der Waals surface area contributed by atoms with Crippen molar-refractivity contribution in [2.24, 2.45) is 0 Å². The average Bonchev–Trinajstić information content (AvgIpc) is 3.21. The number of aryl methyl sites for hydroxylation is 1. The van der Waals surface area contributed by atoms with Crippen molar-refractivity contribution < 1.29 is 22.7 Å². The maximum Gasteiger partial charge on any atom is 0.416 e. The number of rotatable bonds is 5. The molecule has 2 aromatic carbocycles. The van der Waals surface area contributed by atoms with E-state index >= 15 is 0 Å². The molecule has 0 radical (unpaired) electrons. The van der Waals surface area contributed by atoms with Gasteiger partial charge in [-0.3, -0.25) is 9.36 Å². The molecule has 0 aliphatic rings. The maximum absolute atomic E-state index is 12.6. The van der Waals surface area contributed by atoms with Crippen molar-refractivity contribution in [3.63, 3.8) is 0 Å². The van der Waals surface area contributed by atoms with Gasteiger partial charge in [0.05, 0.1) is 5.56 Å². The predicted octanol–water partition coefficient (Wildman–Crippen LogP) is 5.03. The molecule has 162 valence electrons. The molecule has 0 aliphatic heterocycles. The number of imidazole rings is 1. The van der Waals surface area contributed by atoms with Crippen molar-refractivity contribution in [3.8, 4) is 17.4 Å². The van der Waals surface area contributed by atoms with Gasteiger partial charge in [-0.1, -0.05) is 0 Å². The summed E-state index contributed by atoms with van der Waals surface area (Å²) >= 11 is 0. The number of nitrogens with zero attached hydrogens (tertiary/aromatic N) is 4. The summed E-state index contributed by atoms with van der Waals surface area (Å²) in [5.74, 6) is 1.64. The first kappa shape index (κ1) is 21.0. The first-order valence-corrected chi connectivity index (χ1v) is 9.38. The van der Waals surface area contributed by atoms with E-state index in [0.717, 1.165) is 30.1 Å². The molecule has 4 rings (SSSR count). The molecular formula is C22H16F3N5O2. The molecule has 32 heavy (non-hydrogen) atoms. The largest absolute Gasteiger partial charge is 0.439 e. The van der Waals surface area contributed by atoms with E-state index in [1.165, 1.54) is 6.33 Å². The molecule has 0 saturated carbocycles. The fourth-order valence-corrected chi connectivity index (χ4v) is 2.88. The highest BCUT2D eigenvalue weighted by atomic mass is 19.4. The highest BCUT2D eigenvalue weighted by molar-refractivity contribution is 6.04. The van der Waals surface area contributed by atoms with Gasteiger partial charge >= 0.3 is 6.18 Å². The topological polar surface area (TPSA) is 81.9 Å². The van der Waals surface area contributed by atoms with Crippen LogP contribution in [0.1, 0.15) is 21.7 Å². The molecule has 1 N–H and O–H groups in total. The monoisotopic (exact) mass is 439 g/mol. The Balaban J connectivity index is 1.41. The second-order valence-corrected chi connectivity index (χ2v) is 6.71. The quantitative estimate of drug-likeness (QED) is 0.472. The van der Waals surface area contributed by atoms with Crippen LogP contribution in [0.2, 0.25) is 0 Å². The molecule has 0 unspecified atom stereocenters. The number of amides is 1. The molecule has 0 fully saturated rings. The molecule has 7 nitrogen and oxygen atoms in total. The summed E-state index contributed by atoms with van der Waals surface area (Å²) in [4.78, 5) is 24.7. The van der Waals surface area contributed by atoms with Gasteiger partial charge in [0.1, 0.15) is 23.7 Å². The average molecular weight is 439 g/mol. The SMILES string of the molecule is Cc1nccn1-c1cc(Oc2ccc(NC(=O)c3ccc(C(F)(F)F)cc3)cc2)ncn1. The lowest BCUT2D eigenvalue weighted by Gasteiger charge is -2.10. The van der Waals surface area contributed by atoms with Gasteiger partial charge in [-0.2, -0.15) is 13.2 Å². The van der Waals surface area contributed by atoms with Gasteiger partial charge in [0.25, 0.3) is 5.91 Å². The molecule has 0 spiro atoms. The van der Waals surface area contributed by atoms with E-state index in [1.807, 2.05) is 6.92 Å². The van der Waals surface area contributed by atoms with Crippen LogP contribution in [-0.4, -0.2) is 25.4 Å². The van der Waals surface area contributed by atoms with E-state index in [0.29, 0.717) is 23.1 Å². The van der Waals surface area contributed by atoms with Crippen LogP contribution in [0.25, 0.3) is 5.82 Å². The Labute approximate surface area is 180 Å². The van der Waals surface area contributed by atoms with E-state index in [1.54, 1.807) is 47.3 Å². The number of nitrogens with one attached hydrogen (secondary N) is 1. The summed E-state index contributed by atoms with van der Waals surface area (Å²) in [7, 11) is 0. The Kier molecular flexibility index (Phi) is 5.59. The second kappa shape index (κ2) is 8.50. The van der Waals surface area contributed by atoms with E-state index in [9.17, 15) is 18.0 Å². The number of anilines is 1. The van der Waals surface area contributed by atoms with Crippen LogP contribution < -0.4 is 10.1 Å². The normalized spacial score (nSPS) is 11.2. The maximum atomic E-state index is 12.6. The van der Waals surface area contributed by atoms with E-state index in [-0.39, 0.29) is 5.56 Å². The van der Waals surface area contributed by atoms with Crippen LogP contribution in [0.15, 0.2) is 73.3 Å². The third-order valence-electron chi connectivity index (χ3n) is 4.51. The number of hydrogen-bond acceptors (Lipinski definition) is 5. The zero-order valence-electron chi connectivity index (χ0n) is 16.7. The van der Waals surface area contributed by atoms with Crippen molar-refractivity contribution >= 4 is 11.6 Å². The molecule has 1 amide bonds. The van der Waals surface area contributed by atoms with Crippen molar-refractivity contribution in [1.29, 1.82) is 0 Å². The number of carbonyl (C=O) groups excluding carboxylic acids is 1. The molecule has 2 aromatic heterocycles. The zero-order chi connectivity index (χ0) is 22.7. The highest BCUT2D eigenvalue weighted by Gasteiger charge is 2.30.